The van der Waals surface area contributed by atoms with Crippen molar-refractivity contribution in [3.63, 3.8) is 0 Å². The molecule has 0 unspecified atom stereocenters. The summed E-state index contributed by atoms with van der Waals surface area (Å²) in [5.41, 5.74) is 3.53. The van der Waals surface area contributed by atoms with Crippen molar-refractivity contribution in [1.82, 2.24) is 0 Å². The summed E-state index contributed by atoms with van der Waals surface area (Å²) < 4.78 is 6.21. The molecule has 0 saturated carbocycles. The Bertz CT molecular complexity index is 692. The fourth-order valence-electron chi connectivity index (χ4n) is 3.36. The predicted octanol–water partition coefficient (Wildman–Crippen LogP) is 4.83. The van der Waals surface area contributed by atoms with E-state index in [2.05, 4.69) is 43.3 Å². The van der Waals surface area contributed by atoms with Crippen LogP contribution >= 0.6 is 0 Å². The molecule has 1 aliphatic rings. The van der Waals surface area contributed by atoms with Crippen molar-refractivity contribution in [2.45, 2.75) is 46.1 Å². The molecule has 0 amide bonds. The van der Waals surface area contributed by atoms with Gasteiger partial charge < -0.3 is 4.74 Å². The van der Waals surface area contributed by atoms with E-state index in [0.717, 1.165) is 24.0 Å². The molecule has 0 heterocycles. The van der Waals surface area contributed by atoms with Crippen molar-refractivity contribution in [2.75, 3.05) is 0 Å². The van der Waals surface area contributed by atoms with Gasteiger partial charge in [-0.05, 0) is 44.7 Å². The van der Waals surface area contributed by atoms with E-state index in [9.17, 15) is 4.79 Å². The molecule has 0 atom stereocenters. The van der Waals surface area contributed by atoms with Crippen molar-refractivity contribution in [3.8, 4) is 0 Å². The van der Waals surface area contributed by atoms with Crippen molar-refractivity contribution in [2.24, 2.45) is 5.41 Å². The van der Waals surface area contributed by atoms with Gasteiger partial charge in [-0.1, -0.05) is 55.5 Å². The Hall–Kier alpha value is -2.09. The Kier molecular flexibility index (Phi) is 3.79. The van der Waals surface area contributed by atoms with Gasteiger partial charge in [0.25, 0.3) is 0 Å². The van der Waals surface area contributed by atoms with Crippen LogP contribution in [-0.4, -0.2) is 5.97 Å². The molecule has 2 nitrogen and oxygen atoms in total. The quantitative estimate of drug-likeness (QED) is 0.742. The second-order valence-corrected chi connectivity index (χ2v) is 7.31. The summed E-state index contributed by atoms with van der Waals surface area (Å²) in [6, 6.07) is 16.7. The summed E-state index contributed by atoms with van der Waals surface area (Å²) >= 11 is 0. The molecule has 0 N–H and O–H groups in total. The van der Waals surface area contributed by atoms with Crippen LogP contribution < -0.4 is 0 Å². The third-order valence-corrected chi connectivity index (χ3v) is 4.66. The molecule has 2 aromatic carbocycles. The number of hydrogen-bond donors (Lipinski definition) is 0. The standard InChI is InChI=1S/C21H24O2/c1-5-21(23-19(22)20(2,3)4)17-12-8-6-10-15(17)14-16-11-7-9-13-18(16)21/h6-13H,5,14H2,1-4H3. The largest absolute Gasteiger partial charge is 0.449 e. The first-order valence-corrected chi connectivity index (χ1v) is 8.28. The van der Waals surface area contributed by atoms with Gasteiger partial charge in [-0.25, -0.2) is 0 Å². The van der Waals surface area contributed by atoms with Crippen molar-refractivity contribution in [1.29, 1.82) is 0 Å². The maximum atomic E-state index is 12.7. The maximum absolute atomic E-state index is 12.7. The fourth-order valence-corrected chi connectivity index (χ4v) is 3.36. The smallest absolute Gasteiger partial charge is 0.312 e. The Morgan fingerprint density at radius 3 is 1.91 bits per heavy atom. The highest BCUT2D eigenvalue weighted by Gasteiger charge is 2.44. The third kappa shape index (κ3) is 2.56. The van der Waals surface area contributed by atoms with E-state index >= 15 is 0 Å². The highest BCUT2D eigenvalue weighted by molar-refractivity contribution is 5.77. The van der Waals surface area contributed by atoms with Crippen molar-refractivity contribution in [3.05, 3.63) is 70.8 Å². The van der Waals surface area contributed by atoms with Gasteiger partial charge in [0.1, 0.15) is 0 Å². The molecule has 2 aromatic rings. The number of hydrogen-bond acceptors (Lipinski definition) is 2. The topological polar surface area (TPSA) is 26.3 Å². The van der Waals surface area contributed by atoms with Gasteiger partial charge in [0.15, 0.2) is 5.60 Å². The van der Waals surface area contributed by atoms with Gasteiger partial charge in [-0.3, -0.25) is 4.79 Å². The zero-order valence-electron chi connectivity index (χ0n) is 14.3. The van der Waals surface area contributed by atoms with E-state index in [0.29, 0.717) is 0 Å². The second-order valence-electron chi connectivity index (χ2n) is 7.31. The number of carbonyl (C=O) groups excluding carboxylic acids is 1. The molecule has 23 heavy (non-hydrogen) atoms. The lowest BCUT2D eigenvalue weighted by molar-refractivity contribution is -0.167. The van der Waals surface area contributed by atoms with Gasteiger partial charge in [-0.2, -0.15) is 0 Å². The molecule has 2 heteroatoms. The number of esters is 1. The molecule has 3 rings (SSSR count). The number of benzene rings is 2. The average Bonchev–Trinajstić information content (AvgIpc) is 2.53. The Morgan fingerprint density at radius 1 is 1.00 bits per heavy atom. The van der Waals surface area contributed by atoms with E-state index in [1.807, 2.05) is 32.9 Å². The average molecular weight is 308 g/mol. The van der Waals surface area contributed by atoms with E-state index in [1.165, 1.54) is 11.1 Å². The SMILES string of the molecule is CCC1(OC(=O)C(C)(C)C)c2ccccc2Cc2ccccc21. The molecule has 120 valence electrons. The molecule has 0 aliphatic heterocycles. The normalized spacial score (nSPS) is 15.5. The number of rotatable bonds is 2. The molecule has 1 aliphatic carbocycles. The van der Waals surface area contributed by atoms with Gasteiger partial charge in [0, 0.05) is 11.1 Å². The van der Waals surface area contributed by atoms with Crippen LogP contribution in [0.25, 0.3) is 0 Å². The molecule has 0 radical (unpaired) electrons. The van der Waals surface area contributed by atoms with E-state index in [1.54, 1.807) is 0 Å². The van der Waals surface area contributed by atoms with Crippen LogP contribution in [0.5, 0.6) is 0 Å². The molecule has 0 fully saturated rings. The lowest BCUT2D eigenvalue weighted by Crippen LogP contribution is -2.40. The van der Waals surface area contributed by atoms with Crippen LogP contribution in [0.3, 0.4) is 0 Å². The summed E-state index contributed by atoms with van der Waals surface area (Å²) in [6.45, 7) is 7.80. The molecular weight excluding hydrogens is 284 g/mol. The lowest BCUT2D eigenvalue weighted by atomic mass is 9.73. The van der Waals surface area contributed by atoms with Crippen LogP contribution in [0.4, 0.5) is 0 Å². The number of ether oxygens (including phenoxy) is 1. The van der Waals surface area contributed by atoms with Gasteiger partial charge in [-0.15, -0.1) is 0 Å². The lowest BCUT2D eigenvalue weighted by Gasteiger charge is -2.41. The minimum absolute atomic E-state index is 0.161. The predicted molar refractivity (Wildman–Crippen MR) is 92.3 cm³/mol. The van der Waals surface area contributed by atoms with Crippen LogP contribution in [-0.2, 0) is 21.6 Å². The first-order chi connectivity index (χ1) is 10.9. The highest BCUT2D eigenvalue weighted by atomic mass is 16.6. The molecule has 0 aromatic heterocycles. The highest BCUT2D eigenvalue weighted by Crippen LogP contribution is 2.45. The monoisotopic (exact) mass is 308 g/mol. The van der Waals surface area contributed by atoms with Crippen LogP contribution in [0.2, 0.25) is 0 Å². The first-order valence-electron chi connectivity index (χ1n) is 8.28. The zero-order valence-corrected chi connectivity index (χ0v) is 14.3. The third-order valence-electron chi connectivity index (χ3n) is 4.66. The number of fused-ring (bicyclic) bond motifs is 2. The van der Waals surface area contributed by atoms with Crippen molar-refractivity contribution >= 4 is 5.97 Å². The summed E-state index contributed by atoms with van der Waals surface area (Å²) in [6.07, 6.45) is 1.62. The Balaban J connectivity index is 2.20. The summed E-state index contributed by atoms with van der Waals surface area (Å²) in [5, 5.41) is 0. The zero-order chi connectivity index (χ0) is 16.7. The summed E-state index contributed by atoms with van der Waals surface area (Å²) in [5.74, 6) is -0.161. The number of carbonyl (C=O) groups is 1. The minimum Gasteiger partial charge on any atom is -0.449 e. The van der Waals surface area contributed by atoms with E-state index in [4.69, 9.17) is 4.74 Å². The van der Waals surface area contributed by atoms with Crippen LogP contribution in [0.15, 0.2) is 48.5 Å². The molecule has 0 bridgehead atoms. The Labute approximate surface area is 138 Å². The van der Waals surface area contributed by atoms with E-state index in [-0.39, 0.29) is 5.97 Å². The Morgan fingerprint density at radius 2 is 1.48 bits per heavy atom. The minimum atomic E-state index is -0.685. The second kappa shape index (κ2) is 5.52. The fraction of sp³-hybridized carbons (Fsp3) is 0.381. The van der Waals surface area contributed by atoms with Gasteiger partial charge in [0.05, 0.1) is 5.41 Å². The van der Waals surface area contributed by atoms with Crippen LogP contribution in [0, 0.1) is 5.41 Å². The summed E-state index contributed by atoms with van der Waals surface area (Å²) in [4.78, 5) is 12.7. The van der Waals surface area contributed by atoms with E-state index < -0.39 is 11.0 Å². The molecule has 0 spiro atoms. The summed E-state index contributed by atoms with van der Waals surface area (Å²) in [7, 11) is 0. The van der Waals surface area contributed by atoms with Crippen molar-refractivity contribution < 1.29 is 9.53 Å². The molecule has 0 saturated heterocycles. The van der Waals surface area contributed by atoms with Gasteiger partial charge >= 0.3 is 5.97 Å². The van der Waals surface area contributed by atoms with Gasteiger partial charge in [0.2, 0.25) is 0 Å². The van der Waals surface area contributed by atoms with Crippen LogP contribution in [0.1, 0.15) is 56.4 Å². The first kappa shape index (κ1) is 15.8. The molecular formula is C21H24O2. The maximum Gasteiger partial charge on any atom is 0.312 e.